The third kappa shape index (κ3) is 2.55. The lowest BCUT2D eigenvalue weighted by molar-refractivity contribution is -0.0414. The van der Waals surface area contributed by atoms with Crippen LogP contribution in [0, 0.1) is 0 Å². The Hall–Kier alpha value is -1.72. The smallest absolute Gasteiger partial charge is 0.123 e. The van der Waals surface area contributed by atoms with E-state index in [1.54, 1.807) is 6.20 Å². The molecule has 0 saturated carbocycles. The van der Waals surface area contributed by atoms with Gasteiger partial charge in [-0.1, -0.05) is 18.2 Å². The molecule has 1 aliphatic carbocycles. The van der Waals surface area contributed by atoms with E-state index < -0.39 is 5.60 Å². The zero-order valence-electron chi connectivity index (χ0n) is 12.8. The van der Waals surface area contributed by atoms with Gasteiger partial charge in [-0.25, -0.2) is 0 Å². The lowest BCUT2D eigenvalue weighted by Gasteiger charge is -2.38. The minimum atomic E-state index is -0.873. The van der Waals surface area contributed by atoms with Gasteiger partial charge in [0, 0.05) is 13.1 Å². The Bertz CT molecular complexity index is 655. The Morgan fingerprint density at radius 1 is 1.23 bits per heavy atom. The monoisotopic (exact) mass is 298 g/mol. The van der Waals surface area contributed by atoms with E-state index in [0.29, 0.717) is 12.2 Å². The van der Waals surface area contributed by atoms with Crippen molar-refractivity contribution in [3.63, 3.8) is 0 Å². The number of fused-ring (bicyclic) bond motifs is 1. The molecule has 1 aliphatic heterocycles. The molecule has 2 heterocycles. The quantitative estimate of drug-likeness (QED) is 0.906. The predicted octanol–water partition coefficient (Wildman–Crippen LogP) is 1.78. The van der Waals surface area contributed by atoms with Crippen LogP contribution in [0.2, 0.25) is 0 Å². The molecule has 1 aromatic carbocycles. The third-order valence-corrected chi connectivity index (χ3v) is 5.01. The van der Waals surface area contributed by atoms with Crippen LogP contribution >= 0.6 is 0 Å². The van der Waals surface area contributed by atoms with Gasteiger partial charge in [-0.3, -0.25) is 4.90 Å². The van der Waals surface area contributed by atoms with E-state index in [1.165, 1.54) is 36.0 Å². The van der Waals surface area contributed by atoms with Crippen LogP contribution in [0.3, 0.4) is 0 Å². The van der Waals surface area contributed by atoms with E-state index in [4.69, 9.17) is 0 Å². The summed E-state index contributed by atoms with van der Waals surface area (Å²) in [5, 5.41) is 21.4. The van der Waals surface area contributed by atoms with E-state index >= 15 is 0 Å². The minimum Gasteiger partial charge on any atom is -0.382 e. The number of aliphatic hydroxyl groups is 1. The van der Waals surface area contributed by atoms with Gasteiger partial charge < -0.3 is 5.11 Å². The van der Waals surface area contributed by atoms with Crippen molar-refractivity contribution in [2.24, 2.45) is 0 Å². The molecular formula is C17H22N4O. The predicted molar refractivity (Wildman–Crippen MR) is 83.3 cm³/mol. The van der Waals surface area contributed by atoms with Gasteiger partial charge in [0.1, 0.15) is 11.3 Å². The van der Waals surface area contributed by atoms with Crippen molar-refractivity contribution in [3.05, 3.63) is 46.8 Å². The molecule has 0 spiro atoms. The summed E-state index contributed by atoms with van der Waals surface area (Å²) in [6, 6.07) is 6.88. The number of piperidine rings is 1. The molecule has 1 unspecified atom stereocenters. The zero-order chi connectivity index (χ0) is 15.0. The Balaban J connectivity index is 1.49. The van der Waals surface area contributed by atoms with Crippen molar-refractivity contribution >= 4 is 0 Å². The number of H-pyrrole nitrogens is 1. The molecule has 1 atom stereocenters. The van der Waals surface area contributed by atoms with E-state index in [2.05, 4.69) is 38.5 Å². The molecule has 2 aromatic rings. The molecular weight excluding hydrogens is 276 g/mol. The molecule has 0 amide bonds. The number of hydrogen-bond donors (Lipinski definition) is 2. The second-order valence-corrected chi connectivity index (χ2v) is 6.66. The Morgan fingerprint density at radius 3 is 3.00 bits per heavy atom. The first-order valence-corrected chi connectivity index (χ1v) is 8.15. The normalized spacial score (nSPS) is 25.3. The maximum atomic E-state index is 10.9. The molecule has 4 rings (SSSR count). The number of benzene rings is 1. The average molecular weight is 298 g/mol. The van der Waals surface area contributed by atoms with Crippen molar-refractivity contribution in [2.75, 3.05) is 13.1 Å². The summed E-state index contributed by atoms with van der Waals surface area (Å²) in [7, 11) is 0. The van der Waals surface area contributed by atoms with Crippen LogP contribution in [0.1, 0.15) is 41.6 Å². The number of nitrogens with one attached hydrogen (secondary N) is 1. The molecule has 2 N–H and O–H groups in total. The maximum absolute atomic E-state index is 10.9. The highest BCUT2D eigenvalue weighted by molar-refractivity contribution is 5.35. The van der Waals surface area contributed by atoms with Gasteiger partial charge >= 0.3 is 0 Å². The molecule has 2 aliphatic rings. The zero-order valence-corrected chi connectivity index (χ0v) is 12.8. The summed E-state index contributed by atoms with van der Waals surface area (Å²) < 4.78 is 0. The largest absolute Gasteiger partial charge is 0.382 e. The van der Waals surface area contributed by atoms with Crippen LogP contribution < -0.4 is 0 Å². The van der Waals surface area contributed by atoms with Crippen LogP contribution in [0.4, 0.5) is 0 Å². The van der Waals surface area contributed by atoms with Crippen LogP contribution in [0.15, 0.2) is 24.4 Å². The first kappa shape index (κ1) is 13.9. The Morgan fingerprint density at radius 2 is 2.14 bits per heavy atom. The number of likely N-dealkylation sites (tertiary alicyclic amines) is 1. The number of aryl methyl sites for hydroxylation is 2. The number of β-amino-alcohol motifs (C(OH)–C–C–N with tert-alkyl or cyclic N) is 1. The van der Waals surface area contributed by atoms with Gasteiger partial charge in [-0.2, -0.15) is 15.4 Å². The van der Waals surface area contributed by atoms with Gasteiger partial charge in [-0.05, 0) is 55.3 Å². The van der Waals surface area contributed by atoms with Crippen molar-refractivity contribution < 1.29 is 5.11 Å². The number of aromatic nitrogens is 3. The van der Waals surface area contributed by atoms with Crippen LogP contribution in [0.25, 0.3) is 0 Å². The number of rotatable bonds is 3. The summed E-state index contributed by atoms with van der Waals surface area (Å²) in [6.07, 6.45) is 7.10. The first-order valence-electron chi connectivity index (χ1n) is 8.15. The van der Waals surface area contributed by atoms with Gasteiger partial charge in [0.15, 0.2) is 0 Å². The van der Waals surface area contributed by atoms with Crippen LogP contribution in [-0.2, 0) is 25.0 Å². The molecule has 5 heteroatoms. The Kier molecular flexibility index (Phi) is 3.47. The maximum Gasteiger partial charge on any atom is 0.123 e. The van der Waals surface area contributed by atoms with E-state index in [-0.39, 0.29) is 0 Å². The van der Waals surface area contributed by atoms with Crippen molar-refractivity contribution in [1.29, 1.82) is 0 Å². The molecule has 1 aromatic heterocycles. The summed E-state index contributed by atoms with van der Waals surface area (Å²) >= 11 is 0. The lowest BCUT2D eigenvalue weighted by Crippen LogP contribution is -2.45. The minimum absolute atomic E-state index is 0.622. The van der Waals surface area contributed by atoms with E-state index in [1.807, 2.05) is 0 Å². The highest BCUT2D eigenvalue weighted by Crippen LogP contribution is 2.31. The molecule has 1 fully saturated rings. The van der Waals surface area contributed by atoms with Crippen molar-refractivity contribution in [2.45, 2.75) is 44.2 Å². The molecule has 0 radical (unpaired) electrons. The first-order chi connectivity index (χ1) is 10.7. The molecule has 116 valence electrons. The second kappa shape index (κ2) is 5.48. The summed E-state index contributed by atoms with van der Waals surface area (Å²) in [5.41, 5.74) is 4.17. The topological polar surface area (TPSA) is 65.0 Å². The van der Waals surface area contributed by atoms with E-state index in [0.717, 1.165) is 25.9 Å². The SMILES string of the molecule is OC1(c2cn[nH]n2)CCCN(Cc2ccc3c(c2)CCC3)C1. The van der Waals surface area contributed by atoms with Gasteiger partial charge in [-0.15, -0.1) is 0 Å². The fourth-order valence-corrected chi connectivity index (χ4v) is 3.87. The van der Waals surface area contributed by atoms with Crippen LogP contribution in [0.5, 0.6) is 0 Å². The summed E-state index contributed by atoms with van der Waals surface area (Å²) in [4.78, 5) is 2.33. The van der Waals surface area contributed by atoms with Crippen LogP contribution in [-0.4, -0.2) is 38.5 Å². The number of nitrogens with zero attached hydrogens (tertiary/aromatic N) is 3. The third-order valence-electron chi connectivity index (χ3n) is 5.01. The van der Waals surface area contributed by atoms with Crippen molar-refractivity contribution in [3.8, 4) is 0 Å². The molecule has 5 nitrogen and oxygen atoms in total. The van der Waals surface area contributed by atoms with Gasteiger partial charge in [0.25, 0.3) is 0 Å². The molecule has 22 heavy (non-hydrogen) atoms. The van der Waals surface area contributed by atoms with Gasteiger partial charge in [0.05, 0.1) is 6.20 Å². The second-order valence-electron chi connectivity index (χ2n) is 6.66. The highest BCUT2D eigenvalue weighted by atomic mass is 16.3. The Labute approximate surface area is 130 Å². The fourth-order valence-electron chi connectivity index (χ4n) is 3.87. The average Bonchev–Trinajstić information content (AvgIpc) is 3.19. The van der Waals surface area contributed by atoms with Gasteiger partial charge in [0.2, 0.25) is 0 Å². The molecule has 0 bridgehead atoms. The standard InChI is InChI=1S/C17H22N4O/c22-17(16-10-18-20-19-16)7-2-8-21(12-17)11-13-5-6-14-3-1-4-15(14)9-13/h5-6,9-10,22H,1-4,7-8,11-12H2,(H,18,19,20). The summed E-state index contributed by atoms with van der Waals surface area (Å²) in [6.45, 7) is 2.54. The fraction of sp³-hybridized carbons (Fsp3) is 0.529. The van der Waals surface area contributed by atoms with Crippen molar-refractivity contribution in [1.82, 2.24) is 20.3 Å². The van der Waals surface area contributed by atoms with E-state index in [9.17, 15) is 5.11 Å². The lowest BCUT2D eigenvalue weighted by atomic mass is 9.89. The summed E-state index contributed by atoms with van der Waals surface area (Å²) in [5.74, 6) is 0. The number of hydrogen-bond acceptors (Lipinski definition) is 4. The molecule has 1 saturated heterocycles. The number of aromatic amines is 1. The highest BCUT2D eigenvalue weighted by Gasteiger charge is 2.37.